The van der Waals surface area contributed by atoms with Crippen molar-refractivity contribution in [2.75, 3.05) is 6.61 Å². The Hall–Kier alpha value is -1.80. The lowest BCUT2D eigenvalue weighted by molar-refractivity contribution is 0.218. The van der Waals surface area contributed by atoms with E-state index in [1.807, 2.05) is 62.4 Å². The van der Waals surface area contributed by atoms with E-state index < -0.39 is 6.10 Å². The first-order chi connectivity index (χ1) is 8.72. The summed E-state index contributed by atoms with van der Waals surface area (Å²) in [5.74, 6) is 0.799. The molecule has 0 bridgehead atoms. The van der Waals surface area contributed by atoms with Crippen LogP contribution in [0.3, 0.4) is 0 Å². The maximum absolute atomic E-state index is 10.4. The van der Waals surface area contributed by atoms with Gasteiger partial charge in [-0.1, -0.05) is 36.4 Å². The smallest absolute Gasteiger partial charge is 0.119 e. The average molecular weight is 242 g/mol. The molecule has 2 heteroatoms. The van der Waals surface area contributed by atoms with Crippen LogP contribution in [-0.4, -0.2) is 11.7 Å². The molecule has 0 saturated carbocycles. The molecule has 0 fully saturated rings. The Morgan fingerprint density at radius 1 is 1.11 bits per heavy atom. The van der Waals surface area contributed by atoms with Gasteiger partial charge in [-0.3, -0.25) is 0 Å². The summed E-state index contributed by atoms with van der Waals surface area (Å²) in [5.41, 5.74) is 2.86. The molecule has 2 aromatic carbocycles. The first-order valence-electron chi connectivity index (χ1n) is 6.18. The fourth-order valence-corrected chi connectivity index (χ4v) is 1.98. The van der Waals surface area contributed by atoms with Crippen LogP contribution in [0.1, 0.15) is 29.7 Å². The molecule has 94 valence electrons. The van der Waals surface area contributed by atoms with Crippen LogP contribution in [0, 0.1) is 6.92 Å². The Kier molecular flexibility index (Phi) is 4.00. The minimum atomic E-state index is -0.605. The van der Waals surface area contributed by atoms with E-state index in [9.17, 15) is 5.11 Å². The summed E-state index contributed by atoms with van der Waals surface area (Å²) in [6, 6.07) is 15.5. The molecule has 0 aliphatic heterocycles. The van der Waals surface area contributed by atoms with Gasteiger partial charge in [0.2, 0.25) is 0 Å². The number of aliphatic hydroxyl groups excluding tert-OH is 1. The van der Waals surface area contributed by atoms with Crippen molar-refractivity contribution in [3.63, 3.8) is 0 Å². The van der Waals surface area contributed by atoms with Crippen LogP contribution in [0.25, 0.3) is 0 Å². The third-order valence-electron chi connectivity index (χ3n) is 2.97. The second-order valence-corrected chi connectivity index (χ2v) is 4.26. The van der Waals surface area contributed by atoms with E-state index in [2.05, 4.69) is 0 Å². The van der Waals surface area contributed by atoms with E-state index in [1.54, 1.807) is 0 Å². The van der Waals surface area contributed by atoms with Crippen LogP contribution < -0.4 is 4.74 Å². The Morgan fingerprint density at radius 2 is 1.83 bits per heavy atom. The number of rotatable bonds is 4. The highest BCUT2D eigenvalue weighted by atomic mass is 16.5. The van der Waals surface area contributed by atoms with Gasteiger partial charge in [0.1, 0.15) is 11.9 Å². The Bertz CT molecular complexity index is 506. The van der Waals surface area contributed by atoms with Gasteiger partial charge in [0.05, 0.1) is 6.61 Å². The van der Waals surface area contributed by atoms with Crippen LogP contribution in [0.2, 0.25) is 0 Å². The van der Waals surface area contributed by atoms with E-state index >= 15 is 0 Å². The fourth-order valence-electron chi connectivity index (χ4n) is 1.98. The number of aliphatic hydroxyl groups is 1. The molecule has 1 N–H and O–H groups in total. The standard InChI is InChI=1S/C16H18O2/c1-3-18-14-10-9-12(2)15(11-14)16(17)13-7-5-4-6-8-13/h4-11,16-17H,3H2,1-2H3. The predicted molar refractivity (Wildman–Crippen MR) is 72.9 cm³/mol. The zero-order valence-electron chi connectivity index (χ0n) is 10.8. The first-order valence-corrected chi connectivity index (χ1v) is 6.18. The van der Waals surface area contributed by atoms with Gasteiger partial charge in [-0.2, -0.15) is 0 Å². The van der Waals surface area contributed by atoms with E-state index in [0.717, 1.165) is 22.4 Å². The number of benzene rings is 2. The van der Waals surface area contributed by atoms with E-state index in [0.29, 0.717) is 6.61 Å². The zero-order valence-corrected chi connectivity index (χ0v) is 10.8. The summed E-state index contributed by atoms with van der Waals surface area (Å²) in [6.45, 7) is 4.58. The summed E-state index contributed by atoms with van der Waals surface area (Å²) in [5, 5.41) is 10.4. The molecule has 2 nitrogen and oxygen atoms in total. The number of ether oxygens (including phenoxy) is 1. The summed E-state index contributed by atoms with van der Waals surface area (Å²) < 4.78 is 5.48. The highest BCUT2D eigenvalue weighted by Gasteiger charge is 2.13. The van der Waals surface area contributed by atoms with Gasteiger partial charge in [0.15, 0.2) is 0 Å². The van der Waals surface area contributed by atoms with Gasteiger partial charge < -0.3 is 9.84 Å². The van der Waals surface area contributed by atoms with Crippen LogP contribution in [0.4, 0.5) is 0 Å². The molecule has 0 aromatic heterocycles. The molecule has 0 saturated heterocycles. The van der Waals surface area contributed by atoms with Crippen molar-refractivity contribution in [2.45, 2.75) is 20.0 Å². The van der Waals surface area contributed by atoms with Crippen LogP contribution in [-0.2, 0) is 0 Å². The molecular weight excluding hydrogens is 224 g/mol. The van der Waals surface area contributed by atoms with Crippen molar-refractivity contribution in [3.05, 3.63) is 65.2 Å². The molecule has 0 aliphatic rings. The lowest BCUT2D eigenvalue weighted by Crippen LogP contribution is -2.03. The van der Waals surface area contributed by atoms with Crippen LogP contribution >= 0.6 is 0 Å². The Balaban J connectivity index is 2.35. The minimum absolute atomic E-state index is 0.605. The fraction of sp³-hybridized carbons (Fsp3) is 0.250. The molecule has 1 unspecified atom stereocenters. The Morgan fingerprint density at radius 3 is 2.50 bits per heavy atom. The van der Waals surface area contributed by atoms with Gasteiger partial charge in [0, 0.05) is 0 Å². The highest BCUT2D eigenvalue weighted by Crippen LogP contribution is 2.27. The highest BCUT2D eigenvalue weighted by molar-refractivity contribution is 5.40. The van der Waals surface area contributed by atoms with Gasteiger partial charge >= 0.3 is 0 Å². The van der Waals surface area contributed by atoms with Crippen molar-refractivity contribution < 1.29 is 9.84 Å². The molecule has 18 heavy (non-hydrogen) atoms. The number of hydrogen-bond donors (Lipinski definition) is 1. The average Bonchev–Trinajstić information content (AvgIpc) is 2.41. The molecule has 0 heterocycles. The summed E-state index contributed by atoms with van der Waals surface area (Å²) in [7, 11) is 0. The van der Waals surface area contributed by atoms with Crippen LogP contribution in [0.5, 0.6) is 5.75 Å². The van der Waals surface area contributed by atoms with Crippen molar-refractivity contribution in [1.29, 1.82) is 0 Å². The molecular formula is C16H18O2. The summed E-state index contributed by atoms with van der Waals surface area (Å²) in [6.07, 6.45) is -0.605. The zero-order chi connectivity index (χ0) is 13.0. The van der Waals surface area contributed by atoms with Gasteiger partial charge in [-0.25, -0.2) is 0 Å². The third kappa shape index (κ3) is 2.71. The van der Waals surface area contributed by atoms with Crippen molar-refractivity contribution in [1.82, 2.24) is 0 Å². The lowest BCUT2D eigenvalue weighted by atomic mass is 9.97. The number of aryl methyl sites for hydroxylation is 1. The number of hydrogen-bond acceptors (Lipinski definition) is 2. The predicted octanol–water partition coefficient (Wildman–Crippen LogP) is 3.48. The monoisotopic (exact) mass is 242 g/mol. The van der Waals surface area contributed by atoms with Gasteiger partial charge in [-0.15, -0.1) is 0 Å². The van der Waals surface area contributed by atoms with E-state index in [4.69, 9.17) is 4.74 Å². The molecule has 0 aliphatic carbocycles. The summed E-state index contributed by atoms with van der Waals surface area (Å²) in [4.78, 5) is 0. The largest absolute Gasteiger partial charge is 0.494 e. The van der Waals surface area contributed by atoms with Crippen molar-refractivity contribution in [3.8, 4) is 5.75 Å². The van der Waals surface area contributed by atoms with E-state index in [1.165, 1.54) is 0 Å². The molecule has 2 aromatic rings. The molecule has 2 rings (SSSR count). The maximum atomic E-state index is 10.4. The minimum Gasteiger partial charge on any atom is -0.494 e. The molecule has 0 amide bonds. The van der Waals surface area contributed by atoms with Crippen molar-refractivity contribution in [2.24, 2.45) is 0 Å². The third-order valence-corrected chi connectivity index (χ3v) is 2.97. The van der Waals surface area contributed by atoms with Gasteiger partial charge in [0.25, 0.3) is 0 Å². The second-order valence-electron chi connectivity index (χ2n) is 4.26. The molecule has 0 radical (unpaired) electrons. The molecule has 1 atom stereocenters. The SMILES string of the molecule is CCOc1ccc(C)c(C(O)c2ccccc2)c1. The van der Waals surface area contributed by atoms with Gasteiger partial charge in [-0.05, 0) is 42.7 Å². The second kappa shape index (κ2) is 5.69. The quantitative estimate of drug-likeness (QED) is 0.889. The molecule has 0 spiro atoms. The normalized spacial score (nSPS) is 12.2. The van der Waals surface area contributed by atoms with Crippen molar-refractivity contribution >= 4 is 0 Å². The van der Waals surface area contributed by atoms with Crippen LogP contribution in [0.15, 0.2) is 48.5 Å². The lowest BCUT2D eigenvalue weighted by Gasteiger charge is -2.15. The van der Waals surface area contributed by atoms with E-state index in [-0.39, 0.29) is 0 Å². The topological polar surface area (TPSA) is 29.5 Å². The maximum Gasteiger partial charge on any atom is 0.119 e. The summed E-state index contributed by atoms with van der Waals surface area (Å²) >= 11 is 0. The Labute approximate surface area is 108 Å². The first kappa shape index (κ1) is 12.7.